The minimum atomic E-state index is -0.340. The zero-order valence-electron chi connectivity index (χ0n) is 52.3. The Kier molecular flexibility index (Phi) is 12.6. The van der Waals surface area contributed by atoms with E-state index >= 15 is 0 Å². The van der Waals surface area contributed by atoms with Crippen molar-refractivity contribution in [2.24, 2.45) is 0 Å². The van der Waals surface area contributed by atoms with Gasteiger partial charge in [0.2, 0.25) is 0 Å². The van der Waals surface area contributed by atoms with E-state index in [1.807, 2.05) is 0 Å². The average Bonchev–Trinajstić information content (AvgIpc) is 1.19. The van der Waals surface area contributed by atoms with Crippen LogP contribution in [-0.4, -0.2) is 6.71 Å². The zero-order valence-corrected chi connectivity index (χ0v) is 52.3. The Labute approximate surface area is 498 Å². The van der Waals surface area contributed by atoms with Crippen LogP contribution in [0.25, 0.3) is 22.3 Å². The third-order valence-corrected chi connectivity index (χ3v) is 20.9. The number of hydrogen-bond acceptors (Lipinski definition) is 2. The van der Waals surface area contributed by atoms with Crippen LogP contribution in [0.15, 0.2) is 194 Å². The smallest absolute Gasteiger partial charge is 0.252 e. The van der Waals surface area contributed by atoms with Gasteiger partial charge in [0.15, 0.2) is 0 Å². The monoisotopic (exact) mass is 1080 g/mol. The molecule has 0 N–H and O–H groups in total. The molecule has 3 heteroatoms. The molecule has 2 nitrogen and oxygen atoms in total. The van der Waals surface area contributed by atoms with Crippen LogP contribution in [0.3, 0.4) is 0 Å². The van der Waals surface area contributed by atoms with E-state index in [1.165, 1.54) is 129 Å². The van der Waals surface area contributed by atoms with Gasteiger partial charge in [-0.2, -0.15) is 0 Å². The van der Waals surface area contributed by atoms with Gasteiger partial charge in [-0.25, -0.2) is 0 Å². The van der Waals surface area contributed by atoms with Crippen molar-refractivity contribution in [3.8, 4) is 22.3 Å². The summed E-state index contributed by atoms with van der Waals surface area (Å²) < 4.78 is 0. The van der Waals surface area contributed by atoms with Crippen LogP contribution in [0.4, 0.5) is 34.1 Å². The summed E-state index contributed by atoms with van der Waals surface area (Å²) in [5.41, 5.74) is 28.3. The molecule has 0 saturated heterocycles. The van der Waals surface area contributed by atoms with E-state index in [4.69, 9.17) is 0 Å². The summed E-state index contributed by atoms with van der Waals surface area (Å²) in [6.07, 6.45) is 4.64. The van der Waals surface area contributed by atoms with E-state index in [9.17, 15) is 0 Å². The molecule has 0 unspecified atom stereocenters. The van der Waals surface area contributed by atoms with Crippen molar-refractivity contribution in [3.63, 3.8) is 0 Å². The van der Waals surface area contributed by atoms with E-state index in [0.29, 0.717) is 0 Å². The van der Waals surface area contributed by atoms with E-state index in [0.717, 1.165) is 19.3 Å². The molecule has 83 heavy (non-hydrogen) atoms. The molecular formula is C80H85BN2. The molecule has 9 aromatic rings. The Bertz CT molecular complexity index is 4000. The Morgan fingerprint density at radius 2 is 0.807 bits per heavy atom. The Hall–Kier alpha value is -7.36. The number of nitrogens with zero attached hydrogens (tertiary/aromatic N) is 2. The van der Waals surface area contributed by atoms with Gasteiger partial charge in [0.25, 0.3) is 6.71 Å². The average molecular weight is 1090 g/mol. The van der Waals surface area contributed by atoms with Crippen molar-refractivity contribution in [2.75, 3.05) is 9.80 Å². The molecule has 0 fully saturated rings. The minimum absolute atomic E-state index is 0.000281. The maximum absolute atomic E-state index is 2.75. The first-order valence-corrected chi connectivity index (χ1v) is 31.0. The Balaban J connectivity index is 1.20. The molecule has 9 aromatic carbocycles. The lowest BCUT2D eigenvalue weighted by Gasteiger charge is -2.48. The summed E-state index contributed by atoms with van der Waals surface area (Å²) in [5, 5.41) is 0. The molecule has 13 rings (SSSR count). The van der Waals surface area contributed by atoms with Crippen LogP contribution in [0.1, 0.15) is 180 Å². The van der Waals surface area contributed by atoms with E-state index in [-0.39, 0.29) is 44.6 Å². The normalized spacial score (nSPS) is 17.2. The fourth-order valence-corrected chi connectivity index (χ4v) is 15.2. The van der Waals surface area contributed by atoms with Gasteiger partial charge in [-0.1, -0.05) is 249 Å². The third kappa shape index (κ3) is 8.88. The molecule has 418 valence electrons. The molecule has 0 radical (unpaired) electrons. The van der Waals surface area contributed by atoms with Gasteiger partial charge in [-0.05, 0) is 184 Å². The van der Waals surface area contributed by atoms with Crippen LogP contribution in [0.2, 0.25) is 0 Å². The van der Waals surface area contributed by atoms with Gasteiger partial charge < -0.3 is 9.80 Å². The molecule has 2 aliphatic heterocycles. The maximum Gasteiger partial charge on any atom is 0.252 e. The molecular weight excluding hydrogens is 1000 g/mol. The summed E-state index contributed by atoms with van der Waals surface area (Å²) in [4.78, 5) is 5.47. The van der Waals surface area contributed by atoms with Gasteiger partial charge in [-0.15, -0.1) is 0 Å². The summed E-state index contributed by atoms with van der Waals surface area (Å²) in [5.74, 6) is 0. The lowest BCUT2D eigenvalue weighted by Crippen LogP contribution is -2.62. The van der Waals surface area contributed by atoms with Crippen molar-refractivity contribution in [1.82, 2.24) is 0 Å². The molecule has 2 aliphatic carbocycles. The first-order valence-electron chi connectivity index (χ1n) is 31.0. The largest absolute Gasteiger partial charge is 0.311 e. The molecule has 0 aromatic heterocycles. The van der Waals surface area contributed by atoms with Crippen LogP contribution in [-0.2, 0) is 37.9 Å². The lowest BCUT2D eigenvalue weighted by molar-refractivity contribution is 0.332. The van der Waals surface area contributed by atoms with E-state index in [1.54, 1.807) is 0 Å². The second-order valence-electron chi connectivity index (χ2n) is 29.9. The van der Waals surface area contributed by atoms with Gasteiger partial charge in [0, 0.05) is 44.8 Å². The van der Waals surface area contributed by atoms with Crippen LogP contribution in [0, 0.1) is 0 Å². The minimum Gasteiger partial charge on any atom is -0.311 e. The molecule has 0 amide bonds. The molecule has 0 atom stereocenters. The summed E-state index contributed by atoms with van der Waals surface area (Å²) >= 11 is 0. The maximum atomic E-state index is 2.75. The Morgan fingerprint density at radius 3 is 1.36 bits per heavy atom. The fourth-order valence-electron chi connectivity index (χ4n) is 15.2. The highest BCUT2D eigenvalue weighted by molar-refractivity contribution is 7.00. The van der Waals surface area contributed by atoms with Crippen molar-refractivity contribution >= 4 is 57.2 Å². The van der Waals surface area contributed by atoms with Crippen molar-refractivity contribution < 1.29 is 0 Å². The van der Waals surface area contributed by atoms with Gasteiger partial charge in [0.05, 0.1) is 5.69 Å². The second-order valence-corrected chi connectivity index (χ2v) is 29.9. The van der Waals surface area contributed by atoms with E-state index < -0.39 is 0 Å². The van der Waals surface area contributed by atoms with Crippen molar-refractivity contribution in [2.45, 2.75) is 167 Å². The topological polar surface area (TPSA) is 6.48 Å². The lowest BCUT2D eigenvalue weighted by atomic mass is 9.32. The fraction of sp³-hybridized carbons (Fsp3) is 0.325. The summed E-state index contributed by atoms with van der Waals surface area (Å²) in [6, 6.07) is 75.7. The van der Waals surface area contributed by atoms with Crippen LogP contribution >= 0.6 is 0 Å². The number of benzene rings is 9. The van der Waals surface area contributed by atoms with Crippen LogP contribution < -0.4 is 26.2 Å². The zero-order chi connectivity index (χ0) is 58.4. The quantitative estimate of drug-likeness (QED) is 0.140. The first-order chi connectivity index (χ1) is 39.3. The molecule has 4 aliphatic rings. The van der Waals surface area contributed by atoms with E-state index in [2.05, 4.69) is 308 Å². The highest BCUT2D eigenvalue weighted by Gasteiger charge is 2.49. The first kappa shape index (κ1) is 54.9. The van der Waals surface area contributed by atoms with Crippen molar-refractivity contribution in [1.29, 1.82) is 0 Å². The van der Waals surface area contributed by atoms with Gasteiger partial charge >= 0.3 is 0 Å². The number of fused-ring (bicyclic) bond motifs is 6. The summed E-state index contributed by atoms with van der Waals surface area (Å²) in [7, 11) is 0. The highest BCUT2D eigenvalue weighted by Crippen LogP contribution is 2.55. The van der Waals surface area contributed by atoms with Crippen LogP contribution in [0.5, 0.6) is 0 Å². The molecule has 0 saturated carbocycles. The Morgan fingerprint density at radius 1 is 0.337 bits per heavy atom. The highest BCUT2D eigenvalue weighted by atomic mass is 15.2. The van der Waals surface area contributed by atoms with Crippen molar-refractivity contribution in [3.05, 3.63) is 244 Å². The molecule has 0 bridgehead atoms. The predicted octanol–water partition coefficient (Wildman–Crippen LogP) is 19.8. The second kappa shape index (κ2) is 19.1. The number of anilines is 6. The summed E-state index contributed by atoms with van der Waals surface area (Å²) in [6.45, 7) is 36.7. The molecule has 2 heterocycles. The van der Waals surface area contributed by atoms with Gasteiger partial charge in [0.1, 0.15) is 0 Å². The molecule has 0 spiro atoms. The number of rotatable bonds is 8. The standard InChI is InChI=1S/C80H85BN2/c1-74(2,3)57-45-71-73-72(46-57)83(69-49-59(52-28-20-16-21-29-52)62(48-60(69)53-30-22-17-23-31-53)80(14,15)55-34-26-19-27-35-55)68-39-36-56(79(12,13)54-32-24-18-25-33-54)44-66(68)81(73)67-50-64-65(78(10,11)43-42-77(64,8)9)51-70(67)82(71)58-37-38-61-63(47-58)76(6,7)41-40-75(61,4)5/h16-39,44-51H,40-43H2,1-15H3. The number of hydrogen-bond donors (Lipinski definition) is 0. The predicted molar refractivity (Wildman–Crippen MR) is 358 cm³/mol. The SMILES string of the molecule is CC(C)(C)c1cc2c3c(c1)N(c1cc(-c4ccccc4)c(C(C)(C)c4ccccc4)cc1-c1ccccc1)c1ccc(C(C)(C)c4ccccc4)cc1B3c1cc3c(cc1N2c1ccc2c(c1)C(C)(C)CCC2(C)C)C(C)(C)CCC3(C)C. The van der Waals surface area contributed by atoms with Gasteiger partial charge in [-0.3, -0.25) is 0 Å². The third-order valence-electron chi connectivity index (χ3n) is 20.9.